The zero-order valence-corrected chi connectivity index (χ0v) is 6.55. The van der Waals surface area contributed by atoms with Gasteiger partial charge in [-0.2, -0.15) is 12.8 Å². The molecule has 1 rings (SSSR count). The lowest BCUT2D eigenvalue weighted by Gasteiger charge is -1.84. The summed E-state index contributed by atoms with van der Waals surface area (Å²) < 4.78 is 52.3. The summed E-state index contributed by atoms with van der Waals surface area (Å²) in [7, 11) is -4.47. The second kappa shape index (κ2) is 2.50. The molecule has 0 amide bonds. The van der Waals surface area contributed by atoms with E-state index in [-0.39, 0.29) is 11.3 Å². The largest absolute Gasteiger partial charge is 0.304 e. The van der Waals surface area contributed by atoms with Crippen molar-refractivity contribution in [3.8, 4) is 0 Å². The molecule has 1 aromatic heterocycles. The van der Waals surface area contributed by atoms with E-state index in [2.05, 4.69) is 0 Å². The van der Waals surface area contributed by atoms with Crippen LogP contribution in [0.1, 0.15) is 0 Å². The molecule has 0 aliphatic rings. The van der Waals surface area contributed by atoms with Gasteiger partial charge < -0.3 is 0 Å². The third-order valence-electron chi connectivity index (χ3n) is 0.877. The van der Waals surface area contributed by atoms with Gasteiger partial charge in [-0.3, -0.25) is 4.55 Å². The first-order valence-electron chi connectivity index (χ1n) is 2.33. The Labute approximate surface area is 65.0 Å². The molecule has 1 aromatic rings. The fourth-order valence-electron chi connectivity index (χ4n) is 0.454. The van der Waals surface area contributed by atoms with Gasteiger partial charge in [-0.25, -0.2) is 4.39 Å². The van der Waals surface area contributed by atoms with Crippen LogP contribution in [0.2, 0.25) is 0 Å². The minimum absolute atomic E-state index is 0.0417. The standard InChI is InChI=1S/C4H2F2O3S2/c5-2-1-3(10-4(2)6)11(7,8)9/h1H,(H,7,8,9). The number of rotatable bonds is 1. The van der Waals surface area contributed by atoms with Crippen LogP contribution in [-0.2, 0) is 10.1 Å². The summed E-state index contributed by atoms with van der Waals surface area (Å²) >= 11 is 0.0417. The number of halogens is 2. The van der Waals surface area contributed by atoms with Crippen LogP contribution in [0, 0.1) is 10.9 Å². The molecule has 0 aliphatic carbocycles. The van der Waals surface area contributed by atoms with E-state index in [1.165, 1.54) is 0 Å². The predicted octanol–water partition coefficient (Wildman–Crippen LogP) is 1.27. The van der Waals surface area contributed by atoms with Gasteiger partial charge in [0, 0.05) is 6.07 Å². The predicted molar refractivity (Wildman–Crippen MR) is 34.0 cm³/mol. The van der Waals surface area contributed by atoms with Crippen LogP contribution in [-0.4, -0.2) is 13.0 Å². The second-order valence-electron chi connectivity index (χ2n) is 1.66. The molecular formula is C4H2F2O3S2. The first kappa shape index (κ1) is 8.57. The molecule has 0 aromatic carbocycles. The summed E-state index contributed by atoms with van der Waals surface area (Å²) in [5, 5.41) is -1.25. The van der Waals surface area contributed by atoms with Crippen molar-refractivity contribution in [2.45, 2.75) is 4.21 Å². The Kier molecular flexibility index (Phi) is 1.95. The van der Waals surface area contributed by atoms with Crippen molar-refractivity contribution in [1.82, 2.24) is 0 Å². The molecule has 1 N–H and O–H groups in total. The van der Waals surface area contributed by atoms with Crippen molar-refractivity contribution in [2.75, 3.05) is 0 Å². The molecular weight excluding hydrogens is 198 g/mol. The zero-order chi connectivity index (χ0) is 8.65. The topological polar surface area (TPSA) is 54.4 Å². The molecule has 3 nitrogen and oxygen atoms in total. The van der Waals surface area contributed by atoms with Gasteiger partial charge in [0.1, 0.15) is 0 Å². The maximum Gasteiger partial charge on any atom is 0.304 e. The Morgan fingerprint density at radius 2 is 2.00 bits per heavy atom. The van der Waals surface area contributed by atoms with Crippen LogP contribution in [0.3, 0.4) is 0 Å². The fourth-order valence-corrected chi connectivity index (χ4v) is 1.84. The number of hydrogen-bond acceptors (Lipinski definition) is 3. The number of thiophene rings is 1. The van der Waals surface area contributed by atoms with E-state index >= 15 is 0 Å². The summed E-state index contributed by atoms with van der Waals surface area (Å²) in [5.74, 6) is -1.28. The highest BCUT2D eigenvalue weighted by molar-refractivity contribution is 7.88. The monoisotopic (exact) mass is 200 g/mol. The third kappa shape index (κ3) is 1.73. The molecule has 0 saturated carbocycles. The Bertz CT molecular complexity index is 347. The van der Waals surface area contributed by atoms with Gasteiger partial charge in [-0.15, -0.1) is 0 Å². The van der Waals surface area contributed by atoms with Gasteiger partial charge in [-0.05, 0) is 0 Å². The lowest BCUT2D eigenvalue weighted by atomic mass is 10.6. The van der Waals surface area contributed by atoms with Crippen LogP contribution in [0.5, 0.6) is 0 Å². The zero-order valence-electron chi connectivity index (χ0n) is 4.91. The van der Waals surface area contributed by atoms with Crippen LogP contribution in [0.4, 0.5) is 8.78 Å². The average molecular weight is 200 g/mol. The summed E-state index contributed by atoms with van der Waals surface area (Å²) in [6.07, 6.45) is 0. The van der Waals surface area contributed by atoms with Crippen molar-refractivity contribution >= 4 is 21.5 Å². The fraction of sp³-hybridized carbons (Fsp3) is 0. The normalized spacial score (nSPS) is 11.9. The van der Waals surface area contributed by atoms with Crippen LogP contribution < -0.4 is 0 Å². The van der Waals surface area contributed by atoms with E-state index in [1.807, 2.05) is 0 Å². The molecule has 1 heterocycles. The van der Waals surface area contributed by atoms with Crippen molar-refractivity contribution in [3.05, 3.63) is 17.0 Å². The van der Waals surface area contributed by atoms with Crippen LogP contribution in [0.15, 0.2) is 10.3 Å². The van der Waals surface area contributed by atoms with E-state index in [0.29, 0.717) is 6.07 Å². The summed E-state index contributed by atoms with van der Waals surface area (Å²) in [4.78, 5) is 0. The molecule has 0 bridgehead atoms. The SMILES string of the molecule is O=S(=O)(O)c1cc(F)c(F)s1. The summed E-state index contributed by atoms with van der Waals surface area (Å²) in [6.45, 7) is 0. The molecule has 7 heteroatoms. The van der Waals surface area contributed by atoms with Crippen molar-refractivity contribution in [2.24, 2.45) is 0 Å². The smallest absolute Gasteiger partial charge is 0.281 e. The Balaban J connectivity index is 3.29. The van der Waals surface area contributed by atoms with Gasteiger partial charge in [0.05, 0.1) is 0 Å². The summed E-state index contributed by atoms with van der Waals surface area (Å²) in [5.41, 5.74) is 0. The maximum atomic E-state index is 12.1. The molecule has 62 valence electrons. The molecule has 0 unspecified atom stereocenters. The molecule has 0 radical (unpaired) electrons. The molecule has 0 fully saturated rings. The highest BCUT2D eigenvalue weighted by atomic mass is 32.3. The minimum atomic E-state index is -4.47. The molecule has 0 atom stereocenters. The lowest BCUT2D eigenvalue weighted by molar-refractivity contribution is 0.484. The Hall–Kier alpha value is -0.530. The van der Waals surface area contributed by atoms with E-state index in [0.717, 1.165) is 0 Å². The highest BCUT2D eigenvalue weighted by Gasteiger charge is 2.17. The van der Waals surface area contributed by atoms with Gasteiger partial charge >= 0.3 is 10.1 Å². The summed E-state index contributed by atoms with van der Waals surface area (Å²) in [6, 6.07) is 0.426. The highest BCUT2D eigenvalue weighted by Crippen LogP contribution is 2.22. The van der Waals surface area contributed by atoms with Crippen molar-refractivity contribution in [3.63, 3.8) is 0 Å². The first-order valence-corrected chi connectivity index (χ1v) is 4.59. The molecule has 0 aliphatic heterocycles. The lowest BCUT2D eigenvalue weighted by Crippen LogP contribution is -1.93. The molecule has 0 saturated heterocycles. The van der Waals surface area contributed by atoms with Gasteiger partial charge in [-0.1, -0.05) is 11.3 Å². The Morgan fingerprint density at radius 3 is 2.18 bits per heavy atom. The molecule has 11 heavy (non-hydrogen) atoms. The van der Waals surface area contributed by atoms with E-state index in [1.54, 1.807) is 0 Å². The number of hydrogen-bond donors (Lipinski definition) is 1. The van der Waals surface area contributed by atoms with E-state index < -0.39 is 25.3 Å². The average Bonchev–Trinajstić information content (AvgIpc) is 2.11. The first-order chi connectivity index (χ1) is 4.91. The van der Waals surface area contributed by atoms with Gasteiger partial charge in [0.15, 0.2) is 10.0 Å². The third-order valence-corrected chi connectivity index (χ3v) is 3.08. The quantitative estimate of drug-likeness (QED) is 0.694. The maximum absolute atomic E-state index is 12.1. The van der Waals surface area contributed by atoms with Crippen molar-refractivity contribution < 1.29 is 21.8 Å². The van der Waals surface area contributed by atoms with E-state index in [4.69, 9.17) is 4.55 Å². The minimum Gasteiger partial charge on any atom is -0.281 e. The van der Waals surface area contributed by atoms with Crippen LogP contribution >= 0.6 is 11.3 Å². The Morgan fingerprint density at radius 1 is 1.45 bits per heavy atom. The second-order valence-corrected chi connectivity index (χ2v) is 4.31. The molecule has 0 spiro atoms. The van der Waals surface area contributed by atoms with E-state index in [9.17, 15) is 17.2 Å². The van der Waals surface area contributed by atoms with Crippen LogP contribution in [0.25, 0.3) is 0 Å². The van der Waals surface area contributed by atoms with Gasteiger partial charge in [0.25, 0.3) is 0 Å². The van der Waals surface area contributed by atoms with Gasteiger partial charge in [0.2, 0.25) is 5.13 Å². The van der Waals surface area contributed by atoms with Crippen molar-refractivity contribution in [1.29, 1.82) is 0 Å².